The third kappa shape index (κ3) is 5.55. The van der Waals surface area contributed by atoms with E-state index in [0.29, 0.717) is 23.6 Å². The number of carbonyl (C=O) groups is 2. The van der Waals surface area contributed by atoms with Crippen LogP contribution in [0.5, 0.6) is 11.5 Å². The predicted octanol–water partition coefficient (Wildman–Crippen LogP) is 3.44. The molecule has 0 aromatic heterocycles. The minimum atomic E-state index is -0.249. The number of hydrogen-bond acceptors (Lipinski definition) is 5. The maximum Gasteiger partial charge on any atom is 0.240 e. The van der Waals surface area contributed by atoms with E-state index < -0.39 is 0 Å². The molecule has 2 aromatic rings. The van der Waals surface area contributed by atoms with E-state index in [1.807, 2.05) is 24.3 Å². The number of nitrogens with one attached hydrogen (secondary N) is 2. The van der Waals surface area contributed by atoms with Crippen LogP contribution < -0.4 is 20.2 Å². The van der Waals surface area contributed by atoms with Gasteiger partial charge in [0.15, 0.2) is 11.5 Å². The molecule has 140 valence electrons. The molecule has 0 saturated carbocycles. The van der Waals surface area contributed by atoms with Crippen molar-refractivity contribution >= 4 is 39.6 Å². The van der Waals surface area contributed by atoms with Crippen LogP contribution in [0.2, 0.25) is 0 Å². The monoisotopic (exact) mass is 431 g/mol. The highest BCUT2D eigenvalue weighted by Crippen LogP contribution is 2.31. The van der Waals surface area contributed by atoms with Gasteiger partial charge >= 0.3 is 0 Å². The first-order valence-corrected chi connectivity index (χ1v) is 9.17. The average Bonchev–Trinajstić information content (AvgIpc) is 3.11. The zero-order valence-corrected chi connectivity index (χ0v) is 16.0. The lowest BCUT2D eigenvalue weighted by Gasteiger charge is -2.06. The Labute approximate surface area is 164 Å². The molecule has 0 radical (unpaired) electrons. The quantitative estimate of drug-likeness (QED) is 0.518. The van der Waals surface area contributed by atoms with E-state index in [1.54, 1.807) is 18.2 Å². The van der Waals surface area contributed by atoms with E-state index in [0.717, 1.165) is 10.0 Å². The lowest BCUT2D eigenvalue weighted by atomic mass is 10.2. The summed E-state index contributed by atoms with van der Waals surface area (Å²) in [5.74, 6) is 0.956. The lowest BCUT2D eigenvalue weighted by molar-refractivity contribution is -0.121. The summed E-state index contributed by atoms with van der Waals surface area (Å²) in [4.78, 5) is 23.7. The standard InChI is InChI=1S/C19H18BrN3O4/c20-14-4-1-2-5-15(14)22-18(24)6-3-7-19(25)23-21-11-13-8-9-16-17(10-13)27-12-26-16/h1-2,4-5,8-11H,3,6-7,12H2,(H,22,24)(H,23,25)/b21-11-. The van der Waals surface area contributed by atoms with Gasteiger partial charge in [0.25, 0.3) is 0 Å². The van der Waals surface area contributed by atoms with Crippen LogP contribution in [-0.4, -0.2) is 24.8 Å². The summed E-state index contributed by atoms with van der Waals surface area (Å²) in [5, 5.41) is 6.72. The largest absolute Gasteiger partial charge is 0.454 e. The van der Waals surface area contributed by atoms with Crippen molar-refractivity contribution < 1.29 is 19.1 Å². The molecule has 7 nitrogen and oxygen atoms in total. The summed E-state index contributed by atoms with van der Waals surface area (Å²) >= 11 is 3.37. The van der Waals surface area contributed by atoms with Crippen molar-refractivity contribution in [2.75, 3.05) is 12.1 Å². The Morgan fingerprint density at radius 3 is 2.70 bits per heavy atom. The number of ether oxygens (including phenoxy) is 2. The highest BCUT2D eigenvalue weighted by molar-refractivity contribution is 9.10. The average molecular weight is 432 g/mol. The molecule has 0 saturated heterocycles. The molecule has 1 heterocycles. The number of benzene rings is 2. The van der Waals surface area contributed by atoms with Gasteiger partial charge in [-0.15, -0.1) is 0 Å². The topological polar surface area (TPSA) is 89.0 Å². The summed E-state index contributed by atoms with van der Waals surface area (Å²) in [7, 11) is 0. The van der Waals surface area contributed by atoms with Gasteiger partial charge in [0.1, 0.15) is 0 Å². The van der Waals surface area contributed by atoms with E-state index in [2.05, 4.69) is 31.8 Å². The van der Waals surface area contributed by atoms with Gasteiger partial charge in [-0.25, -0.2) is 5.43 Å². The van der Waals surface area contributed by atoms with Gasteiger partial charge in [-0.2, -0.15) is 5.10 Å². The Morgan fingerprint density at radius 2 is 1.85 bits per heavy atom. The van der Waals surface area contributed by atoms with Crippen LogP contribution in [-0.2, 0) is 9.59 Å². The number of fused-ring (bicyclic) bond motifs is 1. The molecule has 0 fully saturated rings. The third-order valence-electron chi connectivity index (χ3n) is 3.76. The minimum absolute atomic E-state index is 0.140. The molecule has 8 heteroatoms. The van der Waals surface area contributed by atoms with Crippen molar-refractivity contribution in [1.82, 2.24) is 5.43 Å². The van der Waals surface area contributed by atoms with Crippen LogP contribution in [0.3, 0.4) is 0 Å². The Bertz CT molecular complexity index is 870. The fourth-order valence-electron chi connectivity index (χ4n) is 2.41. The molecule has 2 aromatic carbocycles. The zero-order chi connectivity index (χ0) is 19.1. The van der Waals surface area contributed by atoms with Gasteiger partial charge in [-0.3, -0.25) is 9.59 Å². The van der Waals surface area contributed by atoms with Crippen molar-refractivity contribution in [2.24, 2.45) is 5.10 Å². The Hall–Kier alpha value is -2.87. The second kappa shape index (κ2) is 9.18. The van der Waals surface area contributed by atoms with Gasteiger partial charge in [-0.1, -0.05) is 12.1 Å². The highest BCUT2D eigenvalue weighted by atomic mass is 79.9. The van der Waals surface area contributed by atoms with Gasteiger partial charge in [0, 0.05) is 17.3 Å². The number of rotatable bonds is 7. The van der Waals surface area contributed by atoms with Gasteiger partial charge in [0.05, 0.1) is 11.9 Å². The molecule has 27 heavy (non-hydrogen) atoms. The Kier molecular flexibility index (Phi) is 6.43. The molecule has 1 aliphatic heterocycles. The number of carbonyl (C=O) groups excluding carboxylic acids is 2. The number of nitrogens with zero attached hydrogens (tertiary/aromatic N) is 1. The molecular weight excluding hydrogens is 414 g/mol. The summed E-state index contributed by atoms with van der Waals surface area (Å²) in [6, 6.07) is 12.7. The maximum absolute atomic E-state index is 11.9. The van der Waals surface area contributed by atoms with Crippen molar-refractivity contribution in [1.29, 1.82) is 0 Å². The maximum atomic E-state index is 11.9. The van der Waals surface area contributed by atoms with E-state index in [4.69, 9.17) is 9.47 Å². The second-order valence-electron chi connectivity index (χ2n) is 5.79. The number of halogens is 1. The fourth-order valence-corrected chi connectivity index (χ4v) is 2.80. The second-order valence-corrected chi connectivity index (χ2v) is 6.64. The summed E-state index contributed by atoms with van der Waals surface area (Å²) < 4.78 is 11.3. The van der Waals surface area contributed by atoms with Crippen LogP contribution in [0.1, 0.15) is 24.8 Å². The summed E-state index contributed by atoms with van der Waals surface area (Å²) in [5.41, 5.74) is 3.94. The lowest BCUT2D eigenvalue weighted by Crippen LogP contribution is -2.18. The highest BCUT2D eigenvalue weighted by Gasteiger charge is 2.12. The molecule has 0 bridgehead atoms. The molecular formula is C19H18BrN3O4. The Balaban J connectivity index is 1.37. The number of anilines is 1. The molecule has 0 aliphatic carbocycles. The zero-order valence-electron chi connectivity index (χ0n) is 14.4. The molecule has 3 rings (SSSR count). The molecule has 1 aliphatic rings. The minimum Gasteiger partial charge on any atom is -0.454 e. The van der Waals surface area contributed by atoms with E-state index in [1.165, 1.54) is 6.21 Å². The predicted molar refractivity (Wildman–Crippen MR) is 105 cm³/mol. The number of amides is 2. The first-order valence-electron chi connectivity index (χ1n) is 8.38. The van der Waals surface area contributed by atoms with Crippen molar-refractivity contribution in [2.45, 2.75) is 19.3 Å². The summed E-state index contributed by atoms with van der Waals surface area (Å²) in [6.45, 7) is 0.210. The molecule has 0 unspecified atom stereocenters. The fraction of sp³-hybridized carbons (Fsp3) is 0.211. The van der Waals surface area contributed by atoms with Gasteiger partial charge < -0.3 is 14.8 Å². The van der Waals surface area contributed by atoms with Crippen LogP contribution in [0.25, 0.3) is 0 Å². The summed E-state index contributed by atoms with van der Waals surface area (Å²) in [6.07, 6.45) is 2.42. The van der Waals surface area contributed by atoms with Crippen molar-refractivity contribution in [3.05, 3.63) is 52.5 Å². The smallest absolute Gasteiger partial charge is 0.240 e. The number of hydrogen-bond donors (Lipinski definition) is 2. The Morgan fingerprint density at radius 1 is 1.07 bits per heavy atom. The van der Waals surface area contributed by atoms with E-state index >= 15 is 0 Å². The van der Waals surface area contributed by atoms with Gasteiger partial charge in [0.2, 0.25) is 18.6 Å². The molecule has 0 spiro atoms. The SMILES string of the molecule is O=C(CCCC(=O)Nc1ccccc1Br)N/N=C\c1ccc2c(c1)OCO2. The van der Waals surface area contributed by atoms with Crippen LogP contribution in [0.15, 0.2) is 52.0 Å². The van der Waals surface area contributed by atoms with Crippen LogP contribution in [0.4, 0.5) is 5.69 Å². The molecule has 2 N–H and O–H groups in total. The van der Waals surface area contributed by atoms with E-state index in [-0.39, 0.29) is 31.4 Å². The van der Waals surface area contributed by atoms with Crippen LogP contribution >= 0.6 is 15.9 Å². The van der Waals surface area contributed by atoms with Crippen molar-refractivity contribution in [3.63, 3.8) is 0 Å². The van der Waals surface area contributed by atoms with E-state index in [9.17, 15) is 9.59 Å². The van der Waals surface area contributed by atoms with Gasteiger partial charge in [-0.05, 0) is 58.2 Å². The van der Waals surface area contributed by atoms with Crippen LogP contribution in [0, 0.1) is 0 Å². The molecule has 2 amide bonds. The number of hydrazone groups is 1. The normalized spacial score (nSPS) is 12.2. The third-order valence-corrected chi connectivity index (χ3v) is 4.45. The van der Waals surface area contributed by atoms with Crippen molar-refractivity contribution in [3.8, 4) is 11.5 Å². The first-order chi connectivity index (χ1) is 13.1. The molecule has 0 atom stereocenters. The number of para-hydroxylation sites is 1. The first kappa shape index (κ1) is 18.9.